The van der Waals surface area contributed by atoms with E-state index >= 15 is 0 Å². The van der Waals surface area contributed by atoms with Gasteiger partial charge in [-0.2, -0.15) is 48.3 Å². The van der Waals surface area contributed by atoms with E-state index in [-0.39, 0.29) is 19.3 Å². The zero-order chi connectivity index (χ0) is 18.9. The van der Waals surface area contributed by atoms with Gasteiger partial charge in [0.25, 0.3) is 0 Å². The SMILES string of the molecule is CCN(/C=C/C(F)(F)C(F)(F)C(F)(F)C(F)(F)C(F)(F)F)CC. The van der Waals surface area contributed by atoms with Crippen LogP contribution in [0.1, 0.15) is 13.8 Å². The molecular formula is C11H12F11N. The quantitative estimate of drug-likeness (QED) is 0.576. The van der Waals surface area contributed by atoms with Gasteiger partial charge in [-0.25, -0.2) is 0 Å². The van der Waals surface area contributed by atoms with Gasteiger partial charge in [0.05, 0.1) is 0 Å². The molecule has 23 heavy (non-hydrogen) atoms. The Hall–Kier alpha value is -1.23. The number of hydrogen-bond donors (Lipinski definition) is 0. The molecule has 0 fully saturated rings. The third-order valence-electron chi connectivity index (χ3n) is 2.87. The molecule has 0 aromatic heterocycles. The summed E-state index contributed by atoms with van der Waals surface area (Å²) in [5, 5.41) is 0. The van der Waals surface area contributed by atoms with Crippen LogP contribution in [0.5, 0.6) is 0 Å². The number of alkyl halides is 11. The first kappa shape index (κ1) is 21.8. The Kier molecular flexibility index (Phi) is 6.01. The minimum atomic E-state index is -7.37. The molecule has 0 amide bonds. The van der Waals surface area contributed by atoms with E-state index in [1.807, 2.05) is 0 Å². The zero-order valence-corrected chi connectivity index (χ0v) is 11.7. The molecule has 0 saturated carbocycles. The maximum Gasteiger partial charge on any atom is 0.460 e. The van der Waals surface area contributed by atoms with Crippen LogP contribution < -0.4 is 0 Å². The molecule has 0 N–H and O–H groups in total. The summed E-state index contributed by atoms with van der Waals surface area (Å²) in [5.41, 5.74) is 0. The van der Waals surface area contributed by atoms with Crippen LogP contribution in [-0.4, -0.2) is 47.9 Å². The van der Waals surface area contributed by atoms with E-state index in [0.29, 0.717) is 0 Å². The fraction of sp³-hybridized carbons (Fsp3) is 0.818. The van der Waals surface area contributed by atoms with E-state index in [0.717, 1.165) is 4.90 Å². The van der Waals surface area contributed by atoms with Crippen LogP contribution >= 0.6 is 0 Å². The first-order valence-electron chi connectivity index (χ1n) is 6.01. The third kappa shape index (κ3) is 3.65. The molecule has 0 radical (unpaired) electrons. The van der Waals surface area contributed by atoms with Crippen molar-refractivity contribution in [3.8, 4) is 0 Å². The zero-order valence-electron chi connectivity index (χ0n) is 11.7. The van der Waals surface area contributed by atoms with Gasteiger partial charge >= 0.3 is 29.9 Å². The molecular weight excluding hydrogens is 355 g/mol. The van der Waals surface area contributed by atoms with Crippen LogP contribution in [0.4, 0.5) is 48.3 Å². The molecule has 0 atom stereocenters. The molecule has 0 aliphatic heterocycles. The summed E-state index contributed by atoms with van der Waals surface area (Å²) >= 11 is 0. The van der Waals surface area contributed by atoms with Crippen molar-refractivity contribution in [1.82, 2.24) is 4.90 Å². The summed E-state index contributed by atoms with van der Waals surface area (Å²) in [7, 11) is 0. The molecule has 0 saturated heterocycles. The molecule has 0 spiro atoms. The summed E-state index contributed by atoms with van der Waals surface area (Å²) in [6, 6.07) is 0. The number of nitrogens with zero attached hydrogens (tertiary/aromatic N) is 1. The lowest BCUT2D eigenvalue weighted by Crippen LogP contribution is -2.66. The van der Waals surface area contributed by atoms with Gasteiger partial charge in [0, 0.05) is 25.4 Å². The van der Waals surface area contributed by atoms with Crippen LogP contribution in [-0.2, 0) is 0 Å². The van der Waals surface area contributed by atoms with E-state index in [9.17, 15) is 48.3 Å². The second-order valence-corrected chi connectivity index (χ2v) is 4.38. The van der Waals surface area contributed by atoms with Gasteiger partial charge in [0.2, 0.25) is 0 Å². The van der Waals surface area contributed by atoms with Gasteiger partial charge in [0.1, 0.15) is 0 Å². The molecule has 0 bridgehead atoms. The van der Waals surface area contributed by atoms with Gasteiger partial charge < -0.3 is 4.90 Å². The first-order chi connectivity index (χ1) is 9.99. The smallest absolute Gasteiger partial charge is 0.378 e. The maximum absolute atomic E-state index is 13.2. The second kappa shape index (κ2) is 6.34. The minimum absolute atomic E-state index is 0.0241. The van der Waals surface area contributed by atoms with Crippen LogP contribution in [0, 0.1) is 0 Å². The molecule has 0 aromatic carbocycles. The predicted octanol–water partition coefficient (Wildman–Crippen LogP) is 4.95. The molecule has 0 aliphatic carbocycles. The largest absolute Gasteiger partial charge is 0.460 e. The van der Waals surface area contributed by atoms with E-state index in [1.54, 1.807) is 0 Å². The fourth-order valence-electron chi connectivity index (χ4n) is 1.32. The highest BCUT2D eigenvalue weighted by Crippen LogP contribution is 2.57. The van der Waals surface area contributed by atoms with Crippen molar-refractivity contribution < 1.29 is 48.3 Å². The van der Waals surface area contributed by atoms with Crippen LogP contribution in [0.2, 0.25) is 0 Å². The summed E-state index contributed by atoms with van der Waals surface area (Å²) in [5.74, 6) is -27.7. The minimum Gasteiger partial charge on any atom is -0.378 e. The summed E-state index contributed by atoms with van der Waals surface area (Å²) in [4.78, 5) is 0.907. The number of halogens is 11. The second-order valence-electron chi connectivity index (χ2n) is 4.38. The van der Waals surface area contributed by atoms with Crippen molar-refractivity contribution in [2.75, 3.05) is 13.1 Å². The van der Waals surface area contributed by atoms with Crippen LogP contribution in [0.3, 0.4) is 0 Å². The highest BCUT2D eigenvalue weighted by Gasteiger charge is 2.86. The van der Waals surface area contributed by atoms with Gasteiger partial charge in [-0.15, -0.1) is 0 Å². The van der Waals surface area contributed by atoms with Crippen molar-refractivity contribution in [2.45, 2.75) is 43.7 Å². The lowest BCUT2D eigenvalue weighted by Gasteiger charge is -2.36. The molecule has 0 unspecified atom stereocenters. The topological polar surface area (TPSA) is 3.24 Å². The fourth-order valence-corrected chi connectivity index (χ4v) is 1.32. The lowest BCUT2D eigenvalue weighted by atomic mass is 9.98. The Morgan fingerprint density at radius 2 is 1.04 bits per heavy atom. The maximum atomic E-state index is 13.2. The number of hydrogen-bond acceptors (Lipinski definition) is 1. The van der Waals surface area contributed by atoms with Crippen molar-refractivity contribution in [3.63, 3.8) is 0 Å². The molecule has 0 aliphatic rings. The first-order valence-corrected chi connectivity index (χ1v) is 6.01. The molecule has 12 heteroatoms. The number of allylic oxidation sites excluding steroid dienone is 1. The van der Waals surface area contributed by atoms with Gasteiger partial charge in [-0.05, 0) is 13.8 Å². The van der Waals surface area contributed by atoms with Crippen LogP contribution in [0.25, 0.3) is 0 Å². The van der Waals surface area contributed by atoms with E-state index in [2.05, 4.69) is 0 Å². The van der Waals surface area contributed by atoms with E-state index < -0.39 is 35.9 Å². The van der Waals surface area contributed by atoms with Crippen LogP contribution in [0.15, 0.2) is 12.3 Å². The van der Waals surface area contributed by atoms with E-state index in [4.69, 9.17) is 0 Å². The monoisotopic (exact) mass is 367 g/mol. The molecule has 138 valence electrons. The average Bonchev–Trinajstić information content (AvgIpc) is 2.37. The molecule has 0 aromatic rings. The highest BCUT2D eigenvalue weighted by molar-refractivity contribution is 5.12. The molecule has 0 heterocycles. The van der Waals surface area contributed by atoms with E-state index in [1.165, 1.54) is 13.8 Å². The van der Waals surface area contributed by atoms with Crippen molar-refractivity contribution >= 4 is 0 Å². The van der Waals surface area contributed by atoms with Gasteiger partial charge in [0.15, 0.2) is 0 Å². The molecule has 1 nitrogen and oxygen atoms in total. The van der Waals surface area contributed by atoms with Crippen molar-refractivity contribution in [1.29, 1.82) is 0 Å². The normalized spacial score (nSPS) is 15.3. The van der Waals surface area contributed by atoms with Crippen molar-refractivity contribution in [3.05, 3.63) is 12.3 Å². The Labute approximate surface area is 123 Å². The molecule has 0 rings (SSSR count). The van der Waals surface area contributed by atoms with Gasteiger partial charge in [-0.1, -0.05) is 0 Å². The number of rotatable bonds is 7. The van der Waals surface area contributed by atoms with Gasteiger partial charge in [-0.3, -0.25) is 0 Å². The summed E-state index contributed by atoms with van der Waals surface area (Å²) < 4.78 is 139. The summed E-state index contributed by atoms with van der Waals surface area (Å²) in [6.45, 7) is 2.70. The third-order valence-corrected chi connectivity index (χ3v) is 2.87. The highest BCUT2D eigenvalue weighted by atomic mass is 19.4. The van der Waals surface area contributed by atoms with Crippen molar-refractivity contribution in [2.24, 2.45) is 0 Å². The summed E-state index contributed by atoms with van der Waals surface area (Å²) in [6.07, 6.45) is -7.76. The average molecular weight is 367 g/mol. The Morgan fingerprint density at radius 3 is 1.35 bits per heavy atom. The lowest BCUT2D eigenvalue weighted by molar-refractivity contribution is -0.417. The predicted molar refractivity (Wildman–Crippen MR) is 57.9 cm³/mol. The Morgan fingerprint density at radius 1 is 0.652 bits per heavy atom. The standard InChI is InChI=1S/C11H12F11N/c1-3-23(4-2)6-5-7(12,13)8(14,15)9(16,17)10(18,19)11(20,21)22/h5-6H,3-4H2,1-2H3/b6-5+. The Balaban J connectivity index is 5.85. The Bertz CT molecular complexity index is 420.